The largest absolute Gasteiger partial charge is 0.389 e. The van der Waals surface area contributed by atoms with Crippen molar-refractivity contribution in [2.24, 2.45) is 5.92 Å². The van der Waals surface area contributed by atoms with Crippen LogP contribution in [-0.2, 0) is 14.8 Å². The zero-order chi connectivity index (χ0) is 24.4. The number of carbonyl (C=O) groups excluding carboxylic acids is 1. The van der Waals surface area contributed by atoms with Crippen molar-refractivity contribution >= 4 is 27.5 Å². The summed E-state index contributed by atoms with van der Waals surface area (Å²) in [5.74, 6) is -0.794. The lowest BCUT2D eigenvalue weighted by atomic mass is 9.86. The van der Waals surface area contributed by atoms with Crippen LogP contribution in [0.3, 0.4) is 0 Å². The number of nitrogens with zero attached hydrogens (tertiary/aromatic N) is 3. The van der Waals surface area contributed by atoms with Crippen molar-refractivity contribution in [3.63, 3.8) is 0 Å². The summed E-state index contributed by atoms with van der Waals surface area (Å²) in [6.45, 7) is 5.46. The van der Waals surface area contributed by atoms with Gasteiger partial charge in [0.15, 0.2) is 11.0 Å². The first kappa shape index (κ1) is 25.3. The Labute approximate surface area is 197 Å². The van der Waals surface area contributed by atoms with Gasteiger partial charge < -0.3 is 15.4 Å². The molecule has 9 nitrogen and oxygen atoms in total. The Kier molecular flexibility index (Phi) is 7.57. The van der Waals surface area contributed by atoms with Crippen LogP contribution in [-0.4, -0.2) is 63.9 Å². The highest BCUT2D eigenvalue weighted by Gasteiger charge is 2.34. The number of aromatic amines is 1. The molecule has 1 fully saturated rings. The summed E-state index contributed by atoms with van der Waals surface area (Å²) in [5, 5.41) is 13.2. The molecular weight excluding hydrogens is 473 g/mol. The minimum atomic E-state index is -3.80. The van der Waals surface area contributed by atoms with Crippen LogP contribution in [0.25, 0.3) is 11.5 Å². The molecule has 3 heterocycles. The number of piperidine rings is 1. The number of rotatable bonds is 7. The van der Waals surface area contributed by atoms with Gasteiger partial charge in [-0.05, 0) is 38.3 Å². The van der Waals surface area contributed by atoms with Gasteiger partial charge in [0.25, 0.3) is 0 Å². The fraction of sp³-hybridized carbons (Fsp3) is 0.476. The minimum Gasteiger partial charge on any atom is -0.389 e. The van der Waals surface area contributed by atoms with Gasteiger partial charge in [0.1, 0.15) is 11.5 Å². The number of nitrogens with one attached hydrogen (secondary N) is 2. The van der Waals surface area contributed by atoms with E-state index in [0.717, 1.165) is 17.7 Å². The second-order valence-electron chi connectivity index (χ2n) is 8.76. The third-order valence-electron chi connectivity index (χ3n) is 5.34. The molecule has 180 valence electrons. The van der Waals surface area contributed by atoms with Crippen molar-refractivity contribution in [2.45, 2.75) is 38.7 Å². The van der Waals surface area contributed by atoms with E-state index in [4.69, 9.17) is 11.6 Å². The minimum absolute atomic E-state index is 0.000971. The van der Waals surface area contributed by atoms with E-state index in [2.05, 4.69) is 20.3 Å². The zero-order valence-corrected chi connectivity index (χ0v) is 20.1. The topological polar surface area (TPSA) is 128 Å². The van der Waals surface area contributed by atoms with Gasteiger partial charge in [-0.1, -0.05) is 18.5 Å². The van der Waals surface area contributed by atoms with Crippen LogP contribution in [0, 0.1) is 11.7 Å². The molecule has 3 rings (SSSR count). The maximum absolute atomic E-state index is 13.1. The Morgan fingerprint density at radius 3 is 2.79 bits per heavy atom. The number of aromatic nitrogens is 3. The van der Waals surface area contributed by atoms with Crippen LogP contribution in [0.5, 0.6) is 0 Å². The summed E-state index contributed by atoms with van der Waals surface area (Å²) in [5.41, 5.74) is 0.0365. The van der Waals surface area contributed by atoms with E-state index in [1.165, 1.54) is 30.3 Å². The quantitative estimate of drug-likeness (QED) is 0.502. The summed E-state index contributed by atoms with van der Waals surface area (Å²) in [6.07, 6.45) is 2.54. The van der Waals surface area contributed by atoms with E-state index in [1.807, 2.05) is 6.92 Å². The summed E-state index contributed by atoms with van der Waals surface area (Å²) < 4.78 is 39.8. The average molecular weight is 500 g/mol. The molecule has 0 bridgehead atoms. The van der Waals surface area contributed by atoms with Gasteiger partial charge in [-0.3, -0.25) is 4.79 Å². The molecule has 0 unspecified atom stereocenters. The first-order chi connectivity index (χ1) is 15.4. The smallest absolute Gasteiger partial charge is 0.244 e. The van der Waals surface area contributed by atoms with Gasteiger partial charge in [0.05, 0.1) is 22.9 Å². The highest BCUT2D eigenvalue weighted by atomic mass is 35.5. The second kappa shape index (κ2) is 9.88. The number of H-pyrrole nitrogens is 1. The lowest BCUT2D eigenvalue weighted by Crippen LogP contribution is -2.41. The van der Waals surface area contributed by atoms with E-state index >= 15 is 0 Å². The van der Waals surface area contributed by atoms with Crippen molar-refractivity contribution in [3.8, 4) is 11.5 Å². The molecule has 0 aromatic carbocycles. The molecule has 1 aliphatic rings. The monoisotopic (exact) mass is 499 g/mol. The fourth-order valence-corrected chi connectivity index (χ4v) is 5.15. The predicted molar refractivity (Wildman–Crippen MR) is 122 cm³/mol. The van der Waals surface area contributed by atoms with Gasteiger partial charge in [-0.15, -0.1) is 0 Å². The zero-order valence-electron chi connectivity index (χ0n) is 18.5. The SMILES string of the molecule is C[C@H]1CN(S(=O)(=O)C=CC(=O)NCC(C)(C)O)CC[C@H]1c1[nH]c(-c2ccc(F)cn2)nc1Cl. The van der Waals surface area contributed by atoms with E-state index in [-0.39, 0.29) is 36.6 Å². The van der Waals surface area contributed by atoms with E-state index < -0.39 is 27.3 Å². The first-order valence-corrected chi connectivity index (χ1v) is 12.3. The number of hydrogen-bond donors (Lipinski definition) is 3. The molecular formula is C21H27ClFN5O4S. The summed E-state index contributed by atoms with van der Waals surface area (Å²) >= 11 is 6.35. The van der Waals surface area contributed by atoms with Crippen LogP contribution in [0.1, 0.15) is 38.8 Å². The molecule has 0 aliphatic carbocycles. The highest BCUT2D eigenvalue weighted by Crippen LogP contribution is 2.37. The van der Waals surface area contributed by atoms with Crippen molar-refractivity contribution in [3.05, 3.63) is 46.5 Å². The van der Waals surface area contributed by atoms with E-state index in [9.17, 15) is 22.7 Å². The molecule has 3 N–H and O–H groups in total. The summed E-state index contributed by atoms with van der Waals surface area (Å²) in [7, 11) is -3.80. The maximum Gasteiger partial charge on any atom is 0.244 e. The molecule has 2 aromatic rings. The number of pyridine rings is 1. The number of hydrogen-bond acceptors (Lipinski definition) is 6. The Balaban J connectivity index is 1.66. The van der Waals surface area contributed by atoms with Crippen molar-refractivity contribution in [1.82, 2.24) is 24.6 Å². The molecule has 1 saturated heterocycles. The third-order valence-corrected chi connectivity index (χ3v) is 7.16. The van der Waals surface area contributed by atoms with Gasteiger partial charge >= 0.3 is 0 Å². The van der Waals surface area contributed by atoms with Crippen LogP contribution in [0.15, 0.2) is 29.8 Å². The molecule has 1 amide bonds. The summed E-state index contributed by atoms with van der Waals surface area (Å²) in [6, 6.07) is 2.78. The van der Waals surface area contributed by atoms with Crippen LogP contribution < -0.4 is 5.32 Å². The number of sulfonamides is 1. The molecule has 0 saturated carbocycles. The molecule has 33 heavy (non-hydrogen) atoms. The van der Waals surface area contributed by atoms with Crippen molar-refractivity contribution in [1.29, 1.82) is 0 Å². The Bertz CT molecular complexity index is 1130. The normalized spacial score (nSPS) is 20.3. The molecule has 2 atom stereocenters. The van der Waals surface area contributed by atoms with Crippen molar-refractivity contribution < 1.29 is 22.7 Å². The Hall–Kier alpha value is -2.34. The number of imidazole rings is 1. The molecule has 1 aliphatic heterocycles. The number of amides is 1. The van der Waals surface area contributed by atoms with E-state index in [1.54, 1.807) is 0 Å². The van der Waals surface area contributed by atoms with Crippen LogP contribution in [0.2, 0.25) is 5.15 Å². The Morgan fingerprint density at radius 2 is 2.18 bits per heavy atom. The highest BCUT2D eigenvalue weighted by molar-refractivity contribution is 7.92. The van der Waals surface area contributed by atoms with Gasteiger partial charge in [-0.2, -0.15) is 4.31 Å². The Morgan fingerprint density at radius 1 is 1.45 bits per heavy atom. The van der Waals surface area contributed by atoms with Crippen LogP contribution >= 0.6 is 11.6 Å². The second-order valence-corrected chi connectivity index (χ2v) is 10.9. The third kappa shape index (κ3) is 6.59. The lowest BCUT2D eigenvalue weighted by molar-refractivity contribution is -0.117. The molecule has 2 aromatic heterocycles. The van der Waals surface area contributed by atoms with Crippen molar-refractivity contribution in [2.75, 3.05) is 19.6 Å². The first-order valence-electron chi connectivity index (χ1n) is 10.4. The molecule has 0 radical (unpaired) electrons. The number of aliphatic hydroxyl groups is 1. The summed E-state index contributed by atoms with van der Waals surface area (Å²) in [4.78, 5) is 23.3. The van der Waals surface area contributed by atoms with Crippen LogP contribution in [0.4, 0.5) is 4.39 Å². The predicted octanol–water partition coefficient (Wildman–Crippen LogP) is 2.42. The van der Waals surface area contributed by atoms with E-state index in [0.29, 0.717) is 23.6 Å². The molecule has 0 spiro atoms. The maximum atomic E-state index is 13.1. The van der Waals surface area contributed by atoms with Gasteiger partial charge in [0, 0.05) is 31.6 Å². The fourth-order valence-electron chi connectivity index (χ4n) is 3.61. The lowest BCUT2D eigenvalue weighted by Gasteiger charge is -2.35. The van der Waals surface area contributed by atoms with Gasteiger partial charge in [-0.25, -0.2) is 22.8 Å². The van der Waals surface area contributed by atoms with Gasteiger partial charge in [0.2, 0.25) is 15.9 Å². The average Bonchev–Trinajstić information content (AvgIpc) is 3.12. The standard InChI is InChI=1S/C21H27ClFN5O4S/c1-13-11-28(33(31,32)9-7-17(29)25-12-21(2,3)30)8-6-15(13)18-19(22)27-20(26-18)16-5-4-14(23)10-24-16/h4-5,7,9-10,13,15,30H,6,8,11-12H2,1-3H3,(H,25,29)(H,26,27)/t13-,15+/m0/s1. The molecule has 12 heteroatoms. The number of carbonyl (C=O) groups is 1. The number of halogens is 2.